The molecule has 1 aliphatic rings. The number of unbranched alkanes of at least 4 members (excludes halogenated alkanes) is 1. The van der Waals surface area contributed by atoms with Crippen molar-refractivity contribution in [1.82, 2.24) is 0 Å². The second-order valence-corrected chi connectivity index (χ2v) is 5.61. The third-order valence-corrected chi connectivity index (χ3v) is 3.86. The molecule has 0 bridgehead atoms. The third kappa shape index (κ3) is 2.86. The Morgan fingerprint density at radius 3 is 2.50 bits per heavy atom. The molecule has 0 spiro atoms. The van der Waals surface area contributed by atoms with Gasteiger partial charge in [-0.25, -0.2) is 0 Å². The van der Waals surface area contributed by atoms with Crippen molar-refractivity contribution in [2.45, 2.75) is 38.0 Å². The summed E-state index contributed by atoms with van der Waals surface area (Å²) in [5.74, 6) is 0. The molecule has 0 N–H and O–H groups in total. The van der Waals surface area contributed by atoms with E-state index in [0.717, 1.165) is 17.7 Å². The lowest BCUT2D eigenvalue weighted by Crippen LogP contribution is -2.15. The number of rotatable bonds is 6. The van der Waals surface area contributed by atoms with E-state index < -0.39 is 0 Å². The van der Waals surface area contributed by atoms with Crippen molar-refractivity contribution in [3.8, 4) is 0 Å². The zero-order valence-electron chi connectivity index (χ0n) is 9.84. The van der Waals surface area contributed by atoms with Gasteiger partial charge in [-0.05, 0) is 37.0 Å². The lowest BCUT2D eigenvalue weighted by molar-refractivity contribution is 0.111. The zero-order chi connectivity index (χ0) is 11.4. The van der Waals surface area contributed by atoms with E-state index in [0.29, 0.717) is 5.41 Å². The largest absolute Gasteiger partial charge is 0.381 e. The molecule has 1 nitrogen and oxygen atoms in total. The molecule has 0 radical (unpaired) electrons. The van der Waals surface area contributed by atoms with Crippen LogP contribution in [0.25, 0.3) is 0 Å². The molecular formula is C14H19BrO. The first-order chi connectivity index (χ1) is 7.77. The minimum absolute atomic E-state index is 0.342. The van der Waals surface area contributed by atoms with Crippen molar-refractivity contribution < 1.29 is 4.74 Å². The van der Waals surface area contributed by atoms with Gasteiger partial charge in [-0.3, -0.25) is 0 Å². The van der Waals surface area contributed by atoms with Gasteiger partial charge in [0.2, 0.25) is 0 Å². The first kappa shape index (κ1) is 12.1. The summed E-state index contributed by atoms with van der Waals surface area (Å²) < 4.78 is 6.93. The van der Waals surface area contributed by atoms with Crippen LogP contribution in [-0.4, -0.2) is 13.2 Å². The van der Waals surface area contributed by atoms with Crippen molar-refractivity contribution in [2.24, 2.45) is 0 Å². The average molecular weight is 283 g/mol. The van der Waals surface area contributed by atoms with Crippen molar-refractivity contribution in [1.29, 1.82) is 0 Å². The predicted octanol–water partition coefficient (Wildman–Crippen LogP) is 4.30. The summed E-state index contributed by atoms with van der Waals surface area (Å²) in [6, 6.07) is 8.70. The Labute approximate surface area is 106 Å². The number of ether oxygens (including phenoxy) is 1. The molecule has 1 aromatic rings. The molecule has 0 atom stereocenters. The minimum atomic E-state index is 0.342. The van der Waals surface area contributed by atoms with Gasteiger partial charge in [0.1, 0.15) is 0 Å². The molecule has 1 saturated carbocycles. The quantitative estimate of drug-likeness (QED) is 0.707. The molecule has 0 aromatic heterocycles. The number of hydrogen-bond donors (Lipinski definition) is 0. The van der Waals surface area contributed by atoms with E-state index in [9.17, 15) is 0 Å². The lowest BCUT2D eigenvalue weighted by atomic mass is 9.97. The van der Waals surface area contributed by atoms with Gasteiger partial charge >= 0.3 is 0 Å². The Bertz CT molecular complexity index is 327. The first-order valence-corrected chi connectivity index (χ1v) is 6.90. The standard InChI is InChI=1S/C14H19BrO/c1-2-3-10-16-11-14(8-9-14)12-4-6-13(15)7-5-12/h4-7H,2-3,8-11H2,1H3. The molecule has 16 heavy (non-hydrogen) atoms. The summed E-state index contributed by atoms with van der Waals surface area (Å²) in [5.41, 5.74) is 1.78. The zero-order valence-corrected chi connectivity index (χ0v) is 11.4. The first-order valence-electron chi connectivity index (χ1n) is 6.11. The van der Waals surface area contributed by atoms with E-state index in [1.807, 2.05) is 0 Å². The van der Waals surface area contributed by atoms with E-state index in [1.165, 1.54) is 31.2 Å². The highest BCUT2D eigenvalue weighted by Gasteiger charge is 2.44. The van der Waals surface area contributed by atoms with Crippen LogP contribution in [0.1, 0.15) is 38.2 Å². The molecular weight excluding hydrogens is 264 g/mol. The topological polar surface area (TPSA) is 9.23 Å². The van der Waals surface area contributed by atoms with E-state index in [2.05, 4.69) is 47.1 Å². The number of benzene rings is 1. The number of halogens is 1. The van der Waals surface area contributed by atoms with Gasteiger partial charge in [0.15, 0.2) is 0 Å². The summed E-state index contributed by atoms with van der Waals surface area (Å²) >= 11 is 3.47. The van der Waals surface area contributed by atoms with Crippen LogP contribution in [0.3, 0.4) is 0 Å². The molecule has 0 unspecified atom stereocenters. The van der Waals surface area contributed by atoms with Crippen LogP contribution < -0.4 is 0 Å². The van der Waals surface area contributed by atoms with Crippen LogP contribution in [0.2, 0.25) is 0 Å². The summed E-state index contributed by atoms with van der Waals surface area (Å²) in [4.78, 5) is 0. The fourth-order valence-electron chi connectivity index (χ4n) is 1.98. The van der Waals surface area contributed by atoms with Crippen LogP contribution in [0.15, 0.2) is 28.7 Å². The summed E-state index contributed by atoms with van der Waals surface area (Å²) in [7, 11) is 0. The maximum atomic E-state index is 5.77. The Hall–Kier alpha value is -0.340. The summed E-state index contributed by atoms with van der Waals surface area (Å²) in [5, 5.41) is 0. The SMILES string of the molecule is CCCCOCC1(c2ccc(Br)cc2)CC1. The van der Waals surface area contributed by atoms with Gasteiger partial charge in [0, 0.05) is 16.5 Å². The smallest absolute Gasteiger partial charge is 0.0562 e. The van der Waals surface area contributed by atoms with Crippen molar-refractivity contribution in [3.63, 3.8) is 0 Å². The fourth-order valence-corrected chi connectivity index (χ4v) is 2.25. The van der Waals surface area contributed by atoms with Gasteiger partial charge in [-0.1, -0.05) is 41.4 Å². The van der Waals surface area contributed by atoms with Gasteiger partial charge in [0.05, 0.1) is 6.61 Å². The Morgan fingerprint density at radius 2 is 1.94 bits per heavy atom. The lowest BCUT2D eigenvalue weighted by Gasteiger charge is -2.16. The van der Waals surface area contributed by atoms with Crippen LogP contribution >= 0.6 is 15.9 Å². The van der Waals surface area contributed by atoms with Gasteiger partial charge in [-0.2, -0.15) is 0 Å². The van der Waals surface area contributed by atoms with E-state index in [1.54, 1.807) is 0 Å². The van der Waals surface area contributed by atoms with Gasteiger partial charge in [-0.15, -0.1) is 0 Å². The summed E-state index contributed by atoms with van der Waals surface area (Å²) in [6.07, 6.45) is 4.95. The van der Waals surface area contributed by atoms with E-state index in [-0.39, 0.29) is 0 Å². The average Bonchev–Trinajstić information content (AvgIpc) is 3.07. The van der Waals surface area contributed by atoms with Crippen LogP contribution in [0, 0.1) is 0 Å². The molecule has 2 rings (SSSR count). The normalized spacial score (nSPS) is 17.4. The molecule has 0 saturated heterocycles. The van der Waals surface area contributed by atoms with Crippen molar-refractivity contribution in [2.75, 3.05) is 13.2 Å². The highest BCUT2D eigenvalue weighted by molar-refractivity contribution is 9.10. The van der Waals surface area contributed by atoms with Gasteiger partial charge < -0.3 is 4.74 Å². The molecule has 0 aliphatic heterocycles. The maximum absolute atomic E-state index is 5.77. The molecule has 1 fully saturated rings. The van der Waals surface area contributed by atoms with Crippen LogP contribution in [0.5, 0.6) is 0 Å². The minimum Gasteiger partial charge on any atom is -0.381 e. The van der Waals surface area contributed by atoms with Crippen LogP contribution in [0.4, 0.5) is 0 Å². The second-order valence-electron chi connectivity index (χ2n) is 4.69. The highest BCUT2D eigenvalue weighted by Crippen LogP contribution is 2.48. The monoisotopic (exact) mass is 282 g/mol. The van der Waals surface area contributed by atoms with Crippen molar-refractivity contribution >= 4 is 15.9 Å². The van der Waals surface area contributed by atoms with Crippen molar-refractivity contribution in [3.05, 3.63) is 34.3 Å². The fraction of sp³-hybridized carbons (Fsp3) is 0.571. The Balaban J connectivity index is 1.90. The van der Waals surface area contributed by atoms with E-state index >= 15 is 0 Å². The highest BCUT2D eigenvalue weighted by atomic mass is 79.9. The predicted molar refractivity (Wildman–Crippen MR) is 70.8 cm³/mol. The Morgan fingerprint density at radius 1 is 1.25 bits per heavy atom. The molecule has 1 aromatic carbocycles. The van der Waals surface area contributed by atoms with Crippen LogP contribution in [-0.2, 0) is 10.2 Å². The molecule has 0 heterocycles. The van der Waals surface area contributed by atoms with Gasteiger partial charge in [0.25, 0.3) is 0 Å². The van der Waals surface area contributed by atoms with E-state index in [4.69, 9.17) is 4.74 Å². The molecule has 0 amide bonds. The molecule has 2 heteroatoms. The number of hydrogen-bond acceptors (Lipinski definition) is 1. The third-order valence-electron chi connectivity index (χ3n) is 3.33. The Kier molecular flexibility index (Phi) is 4.04. The second kappa shape index (κ2) is 5.33. The summed E-state index contributed by atoms with van der Waals surface area (Å²) in [6.45, 7) is 4.01. The molecule has 88 valence electrons. The molecule has 1 aliphatic carbocycles. The maximum Gasteiger partial charge on any atom is 0.0562 e.